The Bertz CT molecular complexity index is 214. The number of hydrogen-bond acceptors (Lipinski definition) is 4. The van der Waals surface area contributed by atoms with Gasteiger partial charge in [0.2, 0.25) is 0 Å². The molecule has 5 nitrogen and oxygen atoms in total. The molecule has 0 aromatic carbocycles. The van der Waals surface area contributed by atoms with Crippen LogP contribution in [-0.2, 0) is 19.3 Å². The van der Waals surface area contributed by atoms with Gasteiger partial charge in [0.25, 0.3) is 0 Å². The number of halogens is 3. The molecule has 0 atom stereocenters. The zero-order valence-corrected chi connectivity index (χ0v) is 6.65. The van der Waals surface area contributed by atoms with Crippen LogP contribution >= 0.6 is 0 Å². The van der Waals surface area contributed by atoms with E-state index >= 15 is 0 Å². The maximum Gasteiger partial charge on any atom is 1.00 e. The van der Waals surface area contributed by atoms with Crippen molar-refractivity contribution in [2.24, 2.45) is 0 Å². The van der Waals surface area contributed by atoms with Gasteiger partial charge in [-0.1, -0.05) is 0 Å². The molecule has 12 heavy (non-hydrogen) atoms. The Kier molecular flexibility index (Phi) is 6.21. The van der Waals surface area contributed by atoms with Gasteiger partial charge in [-0.05, 0) is 0 Å². The molecule has 0 aliphatic carbocycles. The van der Waals surface area contributed by atoms with Crippen molar-refractivity contribution < 1.29 is 55.3 Å². The van der Waals surface area contributed by atoms with Crippen LogP contribution < -0.4 is 18.9 Å². The normalized spacial score (nSPS) is 12.3. The van der Waals surface area contributed by atoms with Gasteiger partial charge in [0.15, 0.2) is 6.79 Å². The summed E-state index contributed by atoms with van der Waals surface area (Å²) < 4.78 is 66.1. The van der Waals surface area contributed by atoms with E-state index in [-0.39, 0.29) is 20.3 Å². The van der Waals surface area contributed by atoms with Gasteiger partial charge in [0.1, 0.15) is 0 Å². The molecule has 0 bridgehead atoms. The molecular formula is C2H4F3LiO5S. The van der Waals surface area contributed by atoms with Crippen LogP contribution in [0.1, 0.15) is 1.43 Å². The minimum absolute atomic E-state index is 0. The first-order chi connectivity index (χ1) is 4.71. The molecule has 0 spiro atoms. The maximum absolute atomic E-state index is 11.1. The van der Waals surface area contributed by atoms with Gasteiger partial charge in [-0.15, -0.1) is 13.2 Å². The zero-order valence-electron chi connectivity index (χ0n) is 6.83. The molecule has 0 heterocycles. The molecule has 0 aliphatic rings. The quantitative estimate of drug-likeness (QED) is 0.310. The van der Waals surface area contributed by atoms with Gasteiger partial charge < -0.3 is 1.43 Å². The summed E-state index contributed by atoms with van der Waals surface area (Å²) in [5.74, 6) is 0. The monoisotopic (exact) mass is 204 g/mol. The summed E-state index contributed by atoms with van der Waals surface area (Å²) in [6.07, 6.45) is -4.98. The predicted molar refractivity (Wildman–Crippen MR) is 25.8 cm³/mol. The zero-order chi connectivity index (χ0) is 9.12. The van der Waals surface area contributed by atoms with E-state index in [9.17, 15) is 21.6 Å². The van der Waals surface area contributed by atoms with Crippen molar-refractivity contribution >= 4 is 10.4 Å². The molecular weight excluding hydrogens is 200 g/mol. The van der Waals surface area contributed by atoms with Crippen molar-refractivity contribution in [2.75, 3.05) is 6.79 Å². The smallest absolute Gasteiger partial charge is 1.00 e. The van der Waals surface area contributed by atoms with Crippen LogP contribution in [0.5, 0.6) is 0 Å². The summed E-state index contributed by atoms with van der Waals surface area (Å²) >= 11 is 0. The van der Waals surface area contributed by atoms with Gasteiger partial charge in [-0.3, -0.25) is 9.29 Å². The van der Waals surface area contributed by atoms with Gasteiger partial charge in [-0.2, -0.15) is 8.42 Å². The maximum atomic E-state index is 11.1. The average molecular weight is 204 g/mol. The van der Waals surface area contributed by atoms with Gasteiger partial charge in [0.05, 0.1) is 0 Å². The molecule has 0 fully saturated rings. The number of alkyl halides is 3. The standard InChI is InChI=1S/C2H3F3O5S.Li.H/c3-2(4,5)9-1-10-11(6,7)8;;/h1H2,(H,6,7,8);;/q;+1;-1. The van der Waals surface area contributed by atoms with Gasteiger partial charge >= 0.3 is 35.6 Å². The minimum atomic E-state index is -4.98. The second kappa shape index (κ2) is 5.06. The molecule has 0 saturated heterocycles. The largest absolute Gasteiger partial charge is 1.00 e. The van der Waals surface area contributed by atoms with Crippen LogP contribution in [0.2, 0.25) is 0 Å². The Balaban J connectivity index is -0.000000500. The molecule has 0 rings (SSSR count). The van der Waals surface area contributed by atoms with E-state index in [4.69, 9.17) is 4.55 Å². The van der Waals surface area contributed by atoms with Crippen LogP contribution in [0.15, 0.2) is 0 Å². The average Bonchev–Trinajstić information content (AvgIpc) is 1.55. The molecule has 0 aromatic rings. The van der Waals surface area contributed by atoms with Crippen molar-refractivity contribution in [3.8, 4) is 0 Å². The number of ether oxygens (including phenoxy) is 1. The minimum Gasteiger partial charge on any atom is -1.00 e. The Morgan fingerprint density at radius 1 is 1.42 bits per heavy atom. The Morgan fingerprint density at radius 2 is 1.83 bits per heavy atom. The molecule has 0 amide bonds. The van der Waals surface area contributed by atoms with Crippen molar-refractivity contribution in [1.29, 1.82) is 0 Å². The van der Waals surface area contributed by atoms with Crippen molar-refractivity contribution in [3.05, 3.63) is 0 Å². The third-order valence-electron chi connectivity index (χ3n) is 0.420. The molecule has 0 aliphatic heterocycles. The van der Waals surface area contributed by atoms with Gasteiger partial charge in [-0.25, -0.2) is 4.18 Å². The van der Waals surface area contributed by atoms with E-state index in [2.05, 4.69) is 8.92 Å². The summed E-state index contributed by atoms with van der Waals surface area (Å²) in [5.41, 5.74) is 0. The van der Waals surface area contributed by atoms with Crippen molar-refractivity contribution in [3.63, 3.8) is 0 Å². The summed E-state index contributed by atoms with van der Waals surface area (Å²) in [5, 5.41) is 0. The Morgan fingerprint density at radius 3 is 2.08 bits per heavy atom. The fourth-order valence-electron chi connectivity index (χ4n) is 0.152. The van der Waals surface area contributed by atoms with E-state index in [1.165, 1.54) is 0 Å². The first-order valence-electron chi connectivity index (χ1n) is 2.03. The van der Waals surface area contributed by atoms with Crippen LogP contribution in [0.25, 0.3) is 0 Å². The van der Waals surface area contributed by atoms with Gasteiger partial charge in [0, 0.05) is 0 Å². The van der Waals surface area contributed by atoms with Crippen LogP contribution in [0.3, 0.4) is 0 Å². The van der Waals surface area contributed by atoms with Crippen molar-refractivity contribution in [2.45, 2.75) is 6.36 Å². The van der Waals surface area contributed by atoms with E-state index in [1.54, 1.807) is 0 Å². The molecule has 0 radical (unpaired) electrons. The fourth-order valence-corrected chi connectivity index (χ4v) is 0.321. The van der Waals surface area contributed by atoms with Crippen LogP contribution in [0, 0.1) is 0 Å². The predicted octanol–water partition coefficient (Wildman–Crippen LogP) is -2.58. The first kappa shape index (κ1) is 14.7. The topological polar surface area (TPSA) is 72.8 Å². The molecule has 0 aromatic heterocycles. The summed E-state index contributed by atoms with van der Waals surface area (Å²) in [6, 6.07) is 0. The summed E-state index contributed by atoms with van der Waals surface area (Å²) in [6.45, 7) is -1.59. The van der Waals surface area contributed by atoms with E-state index < -0.39 is 23.6 Å². The number of hydrogen-bond donors (Lipinski definition) is 1. The SMILES string of the molecule is O=S(=O)(O)OCOC(F)(F)F.[H-].[Li+]. The van der Waals surface area contributed by atoms with Crippen molar-refractivity contribution in [1.82, 2.24) is 0 Å². The molecule has 10 heteroatoms. The second-order valence-electron chi connectivity index (χ2n) is 1.25. The molecule has 0 unspecified atom stereocenters. The van der Waals surface area contributed by atoms with E-state index in [0.717, 1.165) is 0 Å². The third-order valence-corrected chi connectivity index (χ3v) is 0.814. The molecule has 70 valence electrons. The second-order valence-corrected chi connectivity index (χ2v) is 2.34. The van der Waals surface area contributed by atoms with E-state index in [0.29, 0.717) is 0 Å². The molecule has 0 saturated carbocycles. The molecule has 1 N–H and O–H groups in total. The Labute approximate surface area is 79.4 Å². The number of rotatable bonds is 3. The fraction of sp³-hybridized carbons (Fsp3) is 1.00. The van der Waals surface area contributed by atoms with Crippen LogP contribution in [-0.4, -0.2) is 26.1 Å². The summed E-state index contributed by atoms with van der Waals surface area (Å²) in [7, 11) is -4.87. The summed E-state index contributed by atoms with van der Waals surface area (Å²) in [4.78, 5) is 0. The van der Waals surface area contributed by atoms with Crippen LogP contribution in [0.4, 0.5) is 13.2 Å². The van der Waals surface area contributed by atoms with E-state index in [1.807, 2.05) is 0 Å². The Hall–Kier alpha value is 0.217. The third kappa shape index (κ3) is 12.9. The first-order valence-corrected chi connectivity index (χ1v) is 3.40.